The maximum Gasteiger partial charge on any atom is 0.134 e. The van der Waals surface area contributed by atoms with E-state index in [0.717, 1.165) is 10.0 Å². The molecule has 0 unspecified atom stereocenters. The molecule has 0 aliphatic rings. The highest BCUT2D eigenvalue weighted by molar-refractivity contribution is 9.10. The van der Waals surface area contributed by atoms with Gasteiger partial charge in [0.15, 0.2) is 0 Å². The van der Waals surface area contributed by atoms with Gasteiger partial charge in [0.25, 0.3) is 0 Å². The lowest BCUT2D eigenvalue weighted by molar-refractivity contribution is -0.116. The lowest BCUT2D eigenvalue weighted by Crippen LogP contribution is -1.96. The third-order valence-electron chi connectivity index (χ3n) is 1.47. The van der Waals surface area contributed by atoms with Crippen molar-refractivity contribution in [2.24, 2.45) is 0 Å². The standard InChI is InChI=1S/C9H9BrO2/c1-6(11)4-7-5-8(12)2-3-9(7)10/h2-3,5,12H,4H2,1H3. The number of Topliss-reactive ketones (excluding diaryl/α,β-unsaturated/α-hetero) is 1. The summed E-state index contributed by atoms with van der Waals surface area (Å²) in [5.74, 6) is 0.274. The molecule has 1 aromatic rings. The molecule has 0 heterocycles. The first-order chi connectivity index (χ1) is 5.59. The van der Waals surface area contributed by atoms with Crippen LogP contribution in [0.3, 0.4) is 0 Å². The van der Waals surface area contributed by atoms with Gasteiger partial charge in [0.1, 0.15) is 11.5 Å². The quantitative estimate of drug-likeness (QED) is 0.844. The number of benzene rings is 1. The van der Waals surface area contributed by atoms with Gasteiger partial charge in [-0.3, -0.25) is 4.79 Å². The summed E-state index contributed by atoms with van der Waals surface area (Å²) in [6.07, 6.45) is 0.356. The molecule has 0 amide bonds. The van der Waals surface area contributed by atoms with Crippen LogP contribution in [-0.4, -0.2) is 10.9 Å². The smallest absolute Gasteiger partial charge is 0.134 e. The molecule has 12 heavy (non-hydrogen) atoms. The number of aromatic hydroxyl groups is 1. The van der Waals surface area contributed by atoms with Crippen LogP contribution in [0.5, 0.6) is 5.75 Å². The van der Waals surface area contributed by atoms with Crippen LogP contribution in [0, 0.1) is 0 Å². The number of phenols is 1. The lowest BCUT2D eigenvalue weighted by Gasteiger charge is -2.01. The number of phenolic OH excluding ortho intramolecular Hbond substituents is 1. The molecule has 0 bridgehead atoms. The SMILES string of the molecule is CC(=O)Cc1cc(O)ccc1Br. The Morgan fingerprint density at radius 3 is 2.83 bits per heavy atom. The number of rotatable bonds is 2. The number of carbonyl (C=O) groups is 1. The largest absolute Gasteiger partial charge is 0.508 e. The Labute approximate surface area is 79.3 Å². The van der Waals surface area contributed by atoms with Crippen LogP contribution in [0.25, 0.3) is 0 Å². The molecule has 0 spiro atoms. The molecule has 3 heteroatoms. The predicted molar refractivity (Wildman–Crippen MR) is 50.2 cm³/mol. The fourth-order valence-corrected chi connectivity index (χ4v) is 1.35. The van der Waals surface area contributed by atoms with Gasteiger partial charge in [0.2, 0.25) is 0 Å². The average Bonchev–Trinajstić information content (AvgIpc) is 1.96. The third kappa shape index (κ3) is 2.34. The summed E-state index contributed by atoms with van der Waals surface area (Å²) in [5, 5.41) is 9.12. The first kappa shape index (κ1) is 9.26. The zero-order chi connectivity index (χ0) is 9.14. The molecule has 0 saturated carbocycles. The maximum atomic E-state index is 10.8. The van der Waals surface area contributed by atoms with Crippen LogP contribution in [0.15, 0.2) is 22.7 Å². The van der Waals surface area contributed by atoms with E-state index in [9.17, 15) is 4.79 Å². The third-order valence-corrected chi connectivity index (χ3v) is 2.24. The van der Waals surface area contributed by atoms with E-state index in [4.69, 9.17) is 5.11 Å². The minimum Gasteiger partial charge on any atom is -0.508 e. The van der Waals surface area contributed by atoms with E-state index < -0.39 is 0 Å². The van der Waals surface area contributed by atoms with Crippen LogP contribution in [0.2, 0.25) is 0 Å². The summed E-state index contributed by atoms with van der Waals surface area (Å²) in [4.78, 5) is 10.8. The second-order valence-corrected chi connectivity index (χ2v) is 3.51. The topological polar surface area (TPSA) is 37.3 Å². The first-order valence-electron chi connectivity index (χ1n) is 3.56. The molecule has 0 aromatic heterocycles. The van der Waals surface area contributed by atoms with Gasteiger partial charge in [-0.05, 0) is 30.7 Å². The van der Waals surface area contributed by atoms with Crippen molar-refractivity contribution in [3.63, 3.8) is 0 Å². The van der Waals surface area contributed by atoms with Crippen molar-refractivity contribution >= 4 is 21.7 Å². The molecule has 1 N–H and O–H groups in total. The number of hydrogen-bond donors (Lipinski definition) is 1. The van der Waals surface area contributed by atoms with Crippen molar-refractivity contribution in [3.05, 3.63) is 28.2 Å². The van der Waals surface area contributed by atoms with E-state index in [-0.39, 0.29) is 11.5 Å². The molecule has 0 aliphatic heterocycles. The second-order valence-electron chi connectivity index (χ2n) is 2.65. The highest BCUT2D eigenvalue weighted by Crippen LogP contribution is 2.22. The van der Waals surface area contributed by atoms with Crippen LogP contribution < -0.4 is 0 Å². The normalized spacial score (nSPS) is 9.83. The van der Waals surface area contributed by atoms with Gasteiger partial charge < -0.3 is 5.11 Å². The highest BCUT2D eigenvalue weighted by Gasteiger charge is 2.03. The molecule has 2 nitrogen and oxygen atoms in total. The average molecular weight is 229 g/mol. The summed E-state index contributed by atoms with van der Waals surface area (Å²) < 4.78 is 0.857. The van der Waals surface area contributed by atoms with Crippen molar-refractivity contribution in [1.82, 2.24) is 0 Å². The molecule has 64 valence electrons. The van der Waals surface area contributed by atoms with E-state index in [1.807, 2.05) is 0 Å². The molecule has 0 radical (unpaired) electrons. The van der Waals surface area contributed by atoms with E-state index in [1.165, 1.54) is 6.92 Å². The summed E-state index contributed by atoms with van der Waals surface area (Å²) >= 11 is 3.30. The number of ketones is 1. The first-order valence-corrected chi connectivity index (χ1v) is 4.35. The minimum atomic E-state index is 0.0845. The van der Waals surface area contributed by atoms with Crippen LogP contribution in [0.1, 0.15) is 12.5 Å². The Balaban J connectivity index is 2.97. The summed E-state index contributed by atoms with van der Waals surface area (Å²) in [5.41, 5.74) is 0.822. The van der Waals surface area contributed by atoms with Gasteiger partial charge in [-0.2, -0.15) is 0 Å². The van der Waals surface area contributed by atoms with E-state index in [0.29, 0.717) is 6.42 Å². The summed E-state index contributed by atoms with van der Waals surface area (Å²) in [6, 6.07) is 4.90. The van der Waals surface area contributed by atoms with Gasteiger partial charge in [0, 0.05) is 10.9 Å². The van der Waals surface area contributed by atoms with Crippen LogP contribution in [-0.2, 0) is 11.2 Å². The molecular weight excluding hydrogens is 220 g/mol. The number of hydrogen-bond acceptors (Lipinski definition) is 2. The molecule has 1 rings (SSSR count). The van der Waals surface area contributed by atoms with E-state index >= 15 is 0 Å². The van der Waals surface area contributed by atoms with Gasteiger partial charge in [-0.25, -0.2) is 0 Å². The fraction of sp³-hybridized carbons (Fsp3) is 0.222. The maximum absolute atomic E-state index is 10.8. The van der Waals surface area contributed by atoms with Gasteiger partial charge in [-0.1, -0.05) is 15.9 Å². The predicted octanol–water partition coefficient (Wildman–Crippen LogP) is 2.29. The molecule has 1 aromatic carbocycles. The Morgan fingerprint density at radius 2 is 2.25 bits per heavy atom. The molecule has 0 fully saturated rings. The monoisotopic (exact) mass is 228 g/mol. The van der Waals surface area contributed by atoms with Crippen LogP contribution >= 0.6 is 15.9 Å². The van der Waals surface area contributed by atoms with E-state index in [1.54, 1.807) is 18.2 Å². The van der Waals surface area contributed by atoms with E-state index in [2.05, 4.69) is 15.9 Å². The number of carbonyl (C=O) groups excluding carboxylic acids is 1. The zero-order valence-electron chi connectivity index (χ0n) is 6.67. The minimum absolute atomic E-state index is 0.0845. The Morgan fingerprint density at radius 1 is 1.58 bits per heavy atom. The Hall–Kier alpha value is -0.830. The van der Waals surface area contributed by atoms with Gasteiger partial charge in [-0.15, -0.1) is 0 Å². The molecular formula is C9H9BrO2. The van der Waals surface area contributed by atoms with Gasteiger partial charge >= 0.3 is 0 Å². The Bertz CT molecular complexity index is 307. The molecule has 0 atom stereocenters. The van der Waals surface area contributed by atoms with Gasteiger partial charge in [0.05, 0.1) is 0 Å². The Kier molecular flexibility index (Phi) is 2.87. The highest BCUT2D eigenvalue weighted by atomic mass is 79.9. The zero-order valence-corrected chi connectivity index (χ0v) is 8.26. The molecule has 0 aliphatic carbocycles. The summed E-state index contributed by atoms with van der Waals surface area (Å²) in [7, 11) is 0. The van der Waals surface area contributed by atoms with Crippen molar-refractivity contribution in [2.45, 2.75) is 13.3 Å². The van der Waals surface area contributed by atoms with Crippen LogP contribution in [0.4, 0.5) is 0 Å². The second kappa shape index (κ2) is 3.72. The fourth-order valence-electron chi connectivity index (χ4n) is 0.965. The van der Waals surface area contributed by atoms with Crippen molar-refractivity contribution in [1.29, 1.82) is 0 Å². The van der Waals surface area contributed by atoms with Crippen molar-refractivity contribution in [2.75, 3.05) is 0 Å². The molecule has 0 saturated heterocycles. The van der Waals surface area contributed by atoms with Crippen molar-refractivity contribution < 1.29 is 9.90 Å². The van der Waals surface area contributed by atoms with Crippen molar-refractivity contribution in [3.8, 4) is 5.75 Å². The lowest BCUT2D eigenvalue weighted by atomic mass is 10.1. The summed E-state index contributed by atoms with van der Waals surface area (Å²) in [6.45, 7) is 1.52. The number of halogens is 1.